The van der Waals surface area contributed by atoms with Crippen LogP contribution in [0.4, 0.5) is 0 Å². The van der Waals surface area contributed by atoms with Crippen molar-refractivity contribution in [3.05, 3.63) is 60.6 Å². The SMILES string of the molecule is O=C(OC1C[C@H]2COC[C@H](C1)N2)c1cn(-c2cccnc2)c2ccccc12. The van der Waals surface area contributed by atoms with Crippen molar-refractivity contribution in [3.63, 3.8) is 0 Å². The van der Waals surface area contributed by atoms with Gasteiger partial charge in [-0.15, -0.1) is 0 Å². The smallest absolute Gasteiger partial charge is 0.340 e. The largest absolute Gasteiger partial charge is 0.459 e. The average Bonchev–Trinajstić information content (AvgIpc) is 3.08. The number of piperidine rings is 1. The molecule has 5 rings (SSSR count). The van der Waals surface area contributed by atoms with Gasteiger partial charge in [0.25, 0.3) is 0 Å². The Morgan fingerprint density at radius 2 is 1.96 bits per heavy atom. The lowest BCUT2D eigenvalue weighted by Gasteiger charge is -2.39. The number of aromatic nitrogens is 2. The number of morpholine rings is 1. The highest BCUT2D eigenvalue weighted by Crippen LogP contribution is 2.27. The molecule has 0 saturated carbocycles. The molecular weight excluding hydrogens is 342 g/mol. The number of nitrogens with one attached hydrogen (secondary N) is 1. The van der Waals surface area contributed by atoms with Crippen molar-refractivity contribution < 1.29 is 14.3 Å². The average molecular weight is 363 g/mol. The Morgan fingerprint density at radius 3 is 2.74 bits per heavy atom. The van der Waals surface area contributed by atoms with E-state index in [1.165, 1.54) is 0 Å². The van der Waals surface area contributed by atoms with Gasteiger partial charge in [0.15, 0.2) is 0 Å². The molecule has 27 heavy (non-hydrogen) atoms. The summed E-state index contributed by atoms with van der Waals surface area (Å²) < 4.78 is 13.5. The van der Waals surface area contributed by atoms with Crippen LogP contribution >= 0.6 is 0 Å². The first-order valence-electron chi connectivity index (χ1n) is 9.33. The van der Waals surface area contributed by atoms with Crippen LogP contribution in [0.2, 0.25) is 0 Å². The summed E-state index contributed by atoms with van der Waals surface area (Å²) in [5.41, 5.74) is 2.48. The molecule has 1 N–H and O–H groups in total. The molecule has 2 aromatic heterocycles. The second-order valence-electron chi connectivity index (χ2n) is 7.24. The van der Waals surface area contributed by atoms with Crippen molar-refractivity contribution in [2.75, 3.05) is 13.2 Å². The highest BCUT2D eigenvalue weighted by atomic mass is 16.5. The lowest BCUT2D eigenvalue weighted by atomic mass is 9.94. The van der Waals surface area contributed by atoms with Crippen LogP contribution in [-0.4, -0.2) is 46.9 Å². The van der Waals surface area contributed by atoms with E-state index in [9.17, 15) is 4.79 Å². The maximum Gasteiger partial charge on any atom is 0.340 e. The molecule has 2 saturated heterocycles. The number of rotatable bonds is 3. The van der Waals surface area contributed by atoms with E-state index in [2.05, 4.69) is 10.3 Å². The number of carbonyl (C=O) groups is 1. The van der Waals surface area contributed by atoms with Gasteiger partial charge in [0.2, 0.25) is 0 Å². The van der Waals surface area contributed by atoms with E-state index in [1.807, 2.05) is 47.2 Å². The van der Waals surface area contributed by atoms with Crippen LogP contribution in [0.3, 0.4) is 0 Å². The predicted molar refractivity (Wildman–Crippen MR) is 101 cm³/mol. The maximum absolute atomic E-state index is 13.0. The van der Waals surface area contributed by atoms with Crippen molar-refractivity contribution in [2.45, 2.75) is 31.0 Å². The first kappa shape index (κ1) is 16.5. The fourth-order valence-corrected chi connectivity index (χ4v) is 4.15. The normalized spacial score (nSPS) is 24.7. The van der Waals surface area contributed by atoms with E-state index in [1.54, 1.807) is 12.4 Å². The third-order valence-corrected chi connectivity index (χ3v) is 5.33. The van der Waals surface area contributed by atoms with E-state index >= 15 is 0 Å². The van der Waals surface area contributed by atoms with Gasteiger partial charge in [0.1, 0.15) is 6.10 Å². The zero-order valence-electron chi connectivity index (χ0n) is 14.9. The van der Waals surface area contributed by atoms with Crippen LogP contribution in [0.1, 0.15) is 23.2 Å². The van der Waals surface area contributed by atoms with E-state index in [-0.39, 0.29) is 24.2 Å². The molecule has 2 atom stereocenters. The zero-order chi connectivity index (χ0) is 18.2. The van der Waals surface area contributed by atoms with Gasteiger partial charge in [-0.1, -0.05) is 18.2 Å². The number of hydrogen-bond acceptors (Lipinski definition) is 5. The first-order valence-corrected chi connectivity index (χ1v) is 9.33. The molecule has 2 aliphatic heterocycles. The van der Waals surface area contributed by atoms with E-state index < -0.39 is 0 Å². The van der Waals surface area contributed by atoms with Crippen molar-refractivity contribution in [1.29, 1.82) is 0 Å². The Hall–Kier alpha value is -2.70. The molecule has 4 heterocycles. The van der Waals surface area contributed by atoms with Crippen LogP contribution in [0.5, 0.6) is 0 Å². The lowest BCUT2D eigenvalue weighted by molar-refractivity contribution is -0.0339. The molecule has 6 heteroatoms. The Labute approximate surface area is 157 Å². The Kier molecular flexibility index (Phi) is 4.14. The van der Waals surface area contributed by atoms with Crippen molar-refractivity contribution in [2.24, 2.45) is 0 Å². The highest BCUT2D eigenvalue weighted by molar-refractivity contribution is 6.05. The number of pyridine rings is 1. The molecule has 2 fully saturated rings. The fraction of sp³-hybridized carbons (Fsp3) is 0.333. The van der Waals surface area contributed by atoms with E-state index in [0.717, 1.165) is 29.4 Å². The summed E-state index contributed by atoms with van der Waals surface area (Å²) in [5.74, 6) is -0.264. The van der Waals surface area contributed by atoms with E-state index in [0.29, 0.717) is 18.8 Å². The number of esters is 1. The summed E-state index contributed by atoms with van der Waals surface area (Å²) in [5, 5.41) is 4.42. The Morgan fingerprint density at radius 1 is 1.15 bits per heavy atom. The Balaban J connectivity index is 1.45. The maximum atomic E-state index is 13.0. The minimum absolute atomic E-state index is 0.0712. The number of para-hydroxylation sites is 1. The molecule has 3 aromatic rings. The van der Waals surface area contributed by atoms with Gasteiger partial charge in [-0.3, -0.25) is 4.98 Å². The highest BCUT2D eigenvalue weighted by Gasteiger charge is 2.34. The summed E-state index contributed by atoms with van der Waals surface area (Å²) in [4.78, 5) is 17.2. The van der Waals surface area contributed by atoms with Crippen LogP contribution in [0.25, 0.3) is 16.6 Å². The van der Waals surface area contributed by atoms with Gasteiger partial charge in [0.05, 0.1) is 36.2 Å². The van der Waals surface area contributed by atoms with Gasteiger partial charge in [-0.25, -0.2) is 4.79 Å². The minimum atomic E-state index is -0.264. The number of fused-ring (bicyclic) bond motifs is 3. The minimum Gasteiger partial charge on any atom is -0.459 e. The van der Waals surface area contributed by atoms with E-state index in [4.69, 9.17) is 9.47 Å². The Bertz CT molecular complexity index is 957. The first-order chi connectivity index (χ1) is 13.3. The molecule has 1 aromatic carbocycles. The van der Waals surface area contributed by atoms with Crippen LogP contribution in [0, 0.1) is 0 Å². The number of ether oxygens (including phenoxy) is 2. The molecular formula is C21H21N3O3. The summed E-state index contributed by atoms with van der Waals surface area (Å²) in [6.07, 6.45) is 6.90. The summed E-state index contributed by atoms with van der Waals surface area (Å²) in [6.45, 7) is 1.37. The molecule has 0 spiro atoms. The molecule has 2 bridgehead atoms. The summed E-state index contributed by atoms with van der Waals surface area (Å²) in [7, 11) is 0. The molecule has 2 aliphatic rings. The van der Waals surface area contributed by atoms with Crippen molar-refractivity contribution in [3.8, 4) is 5.69 Å². The quantitative estimate of drug-likeness (QED) is 0.725. The second-order valence-corrected chi connectivity index (χ2v) is 7.24. The number of benzene rings is 1. The molecule has 0 radical (unpaired) electrons. The molecule has 0 amide bonds. The van der Waals surface area contributed by atoms with Gasteiger partial charge in [-0.2, -0.15) is 0 Å². The monoisotopic (exact) mass is 363 g/mol. The van der Waals surface area contributed by atoms with Gasteiger partial charge >= 0.3 is 5.97 Å². The standard InChI is InChI=1S/C21H21N3O3/c25-21(27-17-8-14-12-26-13-15(9-17)23-14)19-11-24(16-4-3-7-22-10-16)20-6-2-1-5-18(19)20/h1-7,10-11,14-15,17,23H,8-9,12-13H2/t14-,15-/m0/s1. The van der Waals surface area contributed by atoms with Crippen LogP contribution in [0.15, 0.2) is 55.0 Å². The number of carbonyl (C=O) groups excluding carboxylic acids is 1. The fourth-order valence-electron chi connectivity index (χ4n) is 4.15. The second kappa shape index (κ2) is 6.79. The molecule has 0 aliphatic carbocycles. The topological polar surface area (TPSA) is 65.4 Å². The van der Waals surface area contributed by atoms with Crippen molar-refractivity contribution >= 4 is 16.9 Å². The number of hydrogen-bond donors (Lipinski definition) is 1. The van der Waals surface area contributed by atoms with Crippen molar-refractivity contribution in [1.82, 2.24) is 14.9 Å². The third kappa shape index (κ3) is 3.11. The van der Waals surface area contributed by atoms with Gasteiger partial charge < -0.3 is 19.4 Å². The number of nitrogens with zero attached hydrogens (tertiary/aromatic N) is 2. The summed E-state index contributed by atoms with van der Waals surface area (Å²) in [6, 6.07) is 12.3. The van der Waals surface area contributed by atoms with Crippen LogP contribution < -0.4 is 5.32 Å². The predicted octanol–water partition coefficient (Wildman–Crippen LogP) is 2.70. The third-order valence-electron chi connectivity index (χ3n) is 5.33. The molecule has 138 valence electrons. The lowest BCUT2D eigenvalue weighted by Crippen LogP contribution is -2.56. The molecule has 0 unspecified atom stereocenters. The molecule has 6 nitrogen and oxygen atoms in total. The van der Waals surface area contributed by atoms with Gasteiger partial charge in [0, 0.05) is 42.7 Å². The van der Waals surface area contributed by atoms with Crippen LogP contribution in [-0.2, 0) is 9.47 Å². The zero-order valence-corrected chi connectivity index (χ0v) is 14.9. The van der Waals surface area contributed by atoms with Gasteiger partial charge in [-0.05, 0) is 18.2 Å². The summed E-state index contributed by atoms with van der Waals surface area (Å²) >= 11 is 0.